The van der Waals surface area contributed by atoms with Crippen LogP contribution in [0.4, 0.5) is 0 Å². The molecule has 0 saturated heterocycles. The lowest BCUT2D eigenvalue weighted by Gasteiger charge is -2.12. The average molecular weight is 408 g/mol. The van der Waals surface area contributed by atoms with Crippen molar-refractivity contribution in [2.45, 2.75) is 6.92 Å². The maximum Gasteiger partial charge on any atom is 0.272 e. The third-order valence-corrected chi connectivity index (χ3v) is 4.83. The molecule has 0 fully saturated rings. The Balaban J connectivity index is 1.78. The molecule has 30 heavy (non-hydrogen) atoms. The van der Waals surface area contributed by atoms with E-state index in [2.05, 4.69) is 15.1 Å². The maximum absolute atomic E-state index is 12.1. The predicted molar refractivity (Wildman–Crippen MR) is 110 cm³/mol. The highest BCUT2D eigenvalue weighted by atomic mass is 16.5. The molecule has 0 N–H and O–H groups in total. The summed E-state index contributed by atoms with van der Waals surface area (Å²) in [6.07, 6.45) is 0. The molecule has 0 bridgehead atoms. The van der Waals surface area contributed by atoms with Gasteiger partial charge in [-0.1, -0.05) is 5.16 Å². The van der Waals surface area contributed by atoms with E-state index in [1.807, 2.05) is 18.2 Å². The van der Waals surface area contributed by atoms with Gasteiger partial charge in [-0.25, -0.2) is 4.98 Å². The molecule has 154 valence electrons. The first kappa shape index (κ1) is 19.4. The van der Waals surface area contributed by atoms with E-state index >= 15 is 0 Å². The lowest BCUT2D eigenvalue weighted by atomic mass is 10.1. The molecule has 0 aliphatic carbocycles. The Kier molecular flexibility index (Phi) is 4.86. The Morgan fingerprint density at radius 3 is 2.27 bits per heavy atom. The van der Waals surface area contributed by atoms with Crippen LogP contribution in [0, 0.1) is 6.92 Å². The van der Waals surface area contributed by atoms with E-state index in [4.69, 9.17) is 18.7 Å². The fourth-order valence-corrected chi connectivity index (χ4v) is 3.28. The van der Waals surface area contributed by atoms with Gasteiger partial charge >= 0.3 is 0 Å². The molecule has 9 heteroatoms. The number of aromatic nitrogens is 4. The first-order valence-corrected chi connectivity index (χ1v) is 9.08. The Hall–Kier alpha value is -3.88. The number of ether oxygens (including phenoxy) is 3. The number of nitrogens with zero attached hydrogens (tertiary/aromatic N) is 4. The zero-order valence-electron chi connectivity index (χ0n) is 17.2. The van der Waals surface area contributed by atoms with E-state index in [1.54, 1.807) is 30.7 Å². The van der Waals surface area contributed by atoms with Crippen molar-refractivity contribution in [3.05, 3.63) is 46.4 Å². The third-order valence-electron chi connectivity index (χ3n) is 4.83. The lowest BCUT2D eigenvalue weighted by molar-refractivity contribution is 0.324. The molecule has 2 heterocycles. The summed E-state index contributed by atoms with van der Waals surface area (Å²) in [6, 6.07) is 8.93. The van der Waals surface area contributed by atoms with Crippen molar-refractivity contribution in [2.24, 2.45) is 7.05 Å². The number of benzene rings is 2. The van der Waals surface area contributed by atoms with Gasteiger partial charge in [0, 0.05) is 18.2 Å². The number of methoxy groups -OCH3 is 3. The quantitative estimate of drug-likeness (QED) is 0.497. The van der Waals surface area contributed by atoms with Crippen molar-refractivity contribution >= 4 is 11.0 Å². The molecule has 2 aromatic heterocycles. The van der Waals surface area contributed by atoms with Gasteiger partial charge in [0.05, 0.1) is 32.4 Å². The summed E-state index contributed by atoms with van der Waals surface area (Å²) in [7, 11) is 6.33. The third kappa shape index (κ3) is 3.14. The zero-order valence-corrected chi connectivity index (χ0v) is 17.2. The summed E-state index contributed by atoms with van der Waals surface area (Å²) in [5.74, 6) is 2.14. The highest BCUT2D eigenvalue weighted by molar-refractivity contribution is 5.80. The number of rotatable bonds is 5. The topological polar surface area (TPSA) is 102 Å². The van der Waals surface area contributed by atoms with E-state index in [9.17, 15) is 4.79 Å². The second kappa shape index (κ2) is 7.51. The molecule has 0 amide bonds. The van der Waals surface area contributed by atoms with Gasteiger partial charge in [0.2, 0.25) is 11.6 Å². The average Bonchev–Trinajstić information content (AvgIpc) is 3.26. The van der Waals surface area contributed by atoms with Crippen molar-refractivity contribution in [3.63, 3.8) is 0 Å². The van der Waals surface area contributed by atoms with Crippen LogP contribution in [0.25, 0.3) is 33.9 Å². The Morgan fingerprint density at radius 2 is 1.63 bits per heavy atom. The number of hydrogen-bond donors (Lipinski definition) is 0. The van der Waals surface area contributed by atoms with Crippen LogP contribution in [-0.2, 0) is 7.05 Å². The summed E-state index contributed by atoms with van der Waals surface area (Å²) >= 11 is 0. The largest absolute Gasteiger partial charge is 0.493 e. The fraction of sp³-hybridized carbons (Fsp3) is 0.238. The van der Waals surface area contributed by atoms with Gasteiger partial charge in [-0.2, -0.15) is 4.98 Å². The van der Waals surface area contributed by atoms with Gasteiger partial charge in [-0.3, -0.25) is 4.79 Å². The van der Waals surface area contributed by atoms with Crippen molar-refractivity contribution in [2.75, 3.05) is 21.3 Å². The molecule has 2 aromatic carbocycles. The monoisotopic (exact) mass is 408 g/mol. The SMILES string of the molecule is COc1cc(-c2nc(-c3ccc4c(c3)nc(C)c(=O)n4C)no2)cc(OC)c1OC. The summed E-state index contributed by atoms with van der Waals surface area (Å²) in [5.41, 5.74) is 3.04. The van der Waals surface area contributed by atoms with E-state index in [1.165, 1.54) is 21.3 Å². The van der Waals surface area contributed by atoms with Crippen LogP contribution in [0.3, 0.4) is 0 Å². The van der Waals surface area contributed by atoms with Crippen molar-refractivity contribution in [1.82, 2.24) is 19.7 Å². The van der Waals surface area contributed by atoms with Gasteiger partial charge in [0.15, 0.2) is 11.5 Å². The van der Waals surface area contributed by atoms with E-state index in [0.717, 1.165) is 11.1 Å². The van der Waals surface area contributed by atoms with Crippen molar-refractivity contribution in [3.8, 4) is 40.1 Å². The molecular weight excluding hydrogens is 388 g/mol. The molecule has 0 unspecified atom stereocenters. The molecule has 0 spiro atoms. The molecule has 0 atom stereocenters. The Labute approximate surface area is 171 Å². The van der Waals surface area contributed by atoms with Gasteiger partial charge < -0.3 is 23.3 Å². The van der Waals surface area contributed by atoms with Crippen molar-refractivity contribution < 1.29 is 18.7 Å². The standard InChI is InChI=1S/C21H20N4O5/c1-11-21(26)25(2)15-7-6-12(8-14(15)22-11)19-23-20(30-24-19)13-9-16(27-3)18(29-5)17(10-13)28-4/h6-10H,1-5H3. The summed E-state index contributed by atoms with van der Waals surface area (Å²) < 4.78 is 23.1. The summed E-state index contributed by atoms with van der Waals surface area (Å²) in [5, 5.41) is 4.09. The number of hydrogen-bond acceptors (Lipinski definition) is 8. The molecular formula is C21H20N4O5. The van der Waals surface area contributed by atoms with E-state index in [0.29, 0.717) is 45.7 Å². The minimum Gasteiger partial charge on any atom is -0.493 e. The van der Waals surface area contributed by atoms with Crippen LogP contribution in [0.5, 0.6) is 17.2 Å². The molecule has 0 aliphatic heterocycles. The van der Waals surface area contributed by atoms with Crippen LogP contribution < -0.4 is 19.8 Å². The molecule has 0 radical (unpaired) electrons. The molecule has 0 aliphatic rings. The summed E-state index contributed by atoms with van der Waals surface area (Å²) in [6.45, 7) is 1.69. The molecule has 4 rings (SSSR count). The normalized spacial score (nSPS) is 11.0. The van der Waals surface area contributed by atoms with Gasteiger partial charge in [-0.15, -0.1) is 0 Å². The van der Waals surface area contributed by atoms with Gasteiger partial charge in [0.1, 0.15) is 5.69 Å². The van der Waals surface area contributed by atoms with Crippen LogP contribution in [-0.4, -0.2) is 41.0 Å². The van der Waals surface area contributed by atoms with Crippen LogP contribution in [0.2, 0.25) is 0 Å². The molecule has 0 saturated carbocycles. The van der Waals surface area contributed by atoms with Gasteiger partial charge in [-0.05, 0) is 37.3 Å². The van der Waals surface area contributed by atoms with Crippen LogP contribution >= 0.6 is 0 Å². The highest BCUT2D eigenvalue weighted by Gasteiger charge is 2.18. The van der Waals surface area contributed by atoms with E-state index in [-0.39, 0.29) is 5.56 Å². The smallest absolute Gasteiger partial charge is 0.272 e. The summed E-state index contributed by atoms with van der Waals surface area (Å²) in [4.78, 5) is 21.0. The number of fused-ring (bicyclic) bond motifs is 1. The van der Waals surface area contributed by atoms with Crippen molar-refractivity contribution in [1.29, 1.82) is 0 Å². The Bertz CT molecular complexity index is 1280. The fourth-order valence-electron chi connectivity index (χ4n) is 3.28. The first-order valence-electron chi connectivity index (χ1n) is 9.08. The zero-order chi connectivity index (χ0) is 21.4. The minimum absolute atomic E-state index is 0.125. The second-order valence-electron chi connectivity index (χ2n) is 6.60. The minimum atomic E-state index is -0.125. The lowest BCUT2D eigenvalue weighted by Crippen LogP contribution is -2.20. The second-order valence-corrected chi connectivity index (χ2v) is 6.60. The number of aryl methyl sites for hydroxylation is 2. The van der Waals surface area contributed by atoms with Gasteiger partial charge in [0.25, 0.3) is 11.4 Å². The predicted octanol–water partition coefficient (Wildman–Crippen LogP) is 2.98. The van der Waals surface area contributed by atoms with E-state index < -0.39 is 0 Å². The first-order chi connectivity index (χ1) is 14.5. The van der Waals surface area contributed by atoms with Crippen LogP contribution in [0.15, 0.2) is 39.6 Å². The Morgan fingerprint density at radius 1 is 0.933 bits per heavy atom. The molecule has 9 nitrogen and oxygen atoms in total. The highest BCUT2D eigenvalue weighted by Crippen LogP contribution is 2.41. The van der Waals surface area contributed by atoms with Crippen LogP contribution in [0.1, 0.15) is 5.69 Å². The molecule has 4 aromatic rings. The maximum atomic E-state index is 12.1.